The first-order valence-electron chi connectivity index (χ1n) is 19.0. The second-order valence-corrected chi connectivity index (χ2v) is 14.4. The molecule has 2 heterocycles. The fourth-order valence-electron chi connectivity index (χ4n) is 8.97. The number of aromatic nitrogens is 4. The molecule has 0 N–H and O–H groups in total. The predicted molar refractivity (Wildman–Crippen MR) is 228 cm³/mol. The van der Waals surface area contributed by atoms with Crippen molar-refractivity contribution in [2.24, 2.45) is 0 Å². The van der Waals surface area contributed by atoms with Gasteiger partial charge in [-0.2, -0.15) is 0 Å². The van der Waals surface area contributed by atoms with Gasteiger partial charge in [0.05, 0.1) is 16.4 Å². The van der Waals surface area contributed by atoms with E-state index in [1.54, 1.807) is 0 Å². The maximum Gasteiger partial charge on any atom is 0.164 e. The second kappa shape index (κ2) is 12.9. The molecule has 0 saturated carbocycles. The van der Waals surface area contributed by atoms with Gasteiger partial charge in [-0.25, -0.2) is 15.0 Å². The number of rotatable bonds is 6. The first kappa shape index (κ1) is 32.0. The molecule has 10 aromatic rings. The lowest BCUT2D eigenvalue weighted by molar-refractivity contribution is 0.772. The average Bonchev–Trinajstić information content (AvgIpc) is 3.79. The van der Waals surface area contributed by atoms with Crippen molar-refractivity contribution in [2.75, 3.05) is 0 Å². The molecule has 0 amide bonds. The first-order valence-corrected chi connectivity index (χ1v) is 19.0. The van der Waals surface area contributed by atoms with E-state index in [4.69, 9.17) is 15.0 Å². The van der Waals surface area contributed by atoms with Crippen molar-refractivity contribution in [1.82, 2.24) is 19.5 Å². The molecule has 8 aromatic carbocycles. The highest BCUT2D eigenvalue weighted by Gasteiger charge is 2.48. The summed E-state index contributed by atoms with van der Waals surface area (Å²) in [4.78, 5) is 15.2. The van der Waals surface area contributed by atoms with Crippen molar-refractivity contribution in [3.05, 3.63) is 229 Å². The summed E-state index contributed by atoms with van der Waals surface area (Å²) in [6.07, 6.45) is 0. The Morgan fingerprint density at radius 3 is 1.54 bits per heavy atom. The summed E-state index contributed by atoms with van der Waals surface area (Å²) in [5.74, 6) is 1.91. The summed E-state index contributed by atoms with van der Waals surface area (Å²) in [6, 6.07) is 73.5. The van der Waals surface area contributed by atoms with Crippen LogP contribution in [0, 0.1) is 0 Å². The number of fused-ring (bicyclic) bond motifs is 7. The Kier molecular flexibility index (Phi) is 7.36. The van der Waals surface area contributed by atoms with Gasteiger partial charge in [0, 0.05) is 38.7 Å². The van der Waals surface area contributed by atoms with E-state index in [-0.39, 0.29) is 0 Å². The van der Waals surface area contributed by atoms with Crippen molar-refractivity contribution < 1.29 is 0 Å². The van der Waals surface area contributed by atoms with E-state index >= 15 is 0 Å². The van der Waals surface area contributed by atoms with Gasteiger partial charge in [-0.05, 0) is 46.0 Å². The Morgan fingerprint density at radius 1 is 0.375 bits per heavy atom. The summed E-state index contributed by atoms with van der Waals surface area (Å²) in [5, 5.41) is 2.42. The zero-order chi connectivity index (χ0) is 37.1. The molecule has 4 heteroatoms. The van der Waals surface area contributed by atoms with Crippen LogP contribution in [0.25, 0.3) is 72.8 Å². The molecule has 2 aromatic heterocycles. The Labute approximate surface area is 325 Å². The largest absolute Gasteiger partial charge is 0.309 e. The third-order valence-electron chi connectivity index (χ3n) is 11.3. The molecule has 0 fully saturated rings. The van der Waals surface area contributed by atoms with Crippen LogP contribution in [0.15, 0.2) is 206 Å². The van der Waals surface area contributed by atoms with Crippen LogP contribution in [-0.4, -0.2) is 19.5 Å². The molecule has 0 spiro atoms. The quantitative estimate of drug-likeness (QED) is 0.172. The van der Waals surface area contributed by atoms with E-state index < -0.39 is 5.41 Å². The monoisotopic (exact) mass is 714 g/mol. The van der Waals surface area contributed by atoms with E-state index in [1.807, 2.05) is 60.7 Å². The van der Waals surface area contributed by atoms with E-state index in [0.29, 0.717) is 17.5 Å². The van der Waals surface area contributed by atoms with Crippen molar-refractivity contribution >= 4 is 21.8 Å². The third kappa shape index (κ3) is 4.83. The first-order chi connectivity index (χ1) is 27.8. The van der Waals surface area contributed by atoms with Gasteiger partial charge in [0.25, 0.3) is 0 Å². The van der Waals surface area contributed by atoms with Gasteiger partial charge in [0.2, 0.25) is 0 Å². The number of hydrogen-bond acceptors (Lipinski definition) is 3. The topological polar surface area (TPSA) is 43.6 Å². The molecule has 0 aliphatic heterocycles. The van der Waals surface area contributed by atoms with Crippen LogP contribution in [0.3, 0.4) is 0 Å². The summed E-state index contributed by atoms with van der Waals surface area (Å²) in [6.45, 7) is 0. The smallest absolute Gasteiger partial charge is 0.164 e. The average molecular weight is 715 g/mol. The second-order valence-electron chi connectivity index (χ2n) is 14.4. The van der Waals surface area contributed by atoms with Crippen LogP contribution in [-0.2, 0) is 5.41 Å². The van der Waals surface area contributed by atoms with Gasteiger partial charge in [-0.1, -0.05) is 188 Å². The van der Waals surface area contributed by atoms with Crippen LogP contribution in [0.5, 0.6) is 0 Å². The fraction of sp³-hybridized carbons (Fsp3) is 0.0192. The van der Waals surface area contributed by atoms with Gasteiger partial charge < -0.3 is 4.57 Å². The number of benzene rings is 8. The molecular weight excluding hydrogens is 681 g/mol. The van der Waals surface area contributed by atoms with E-state index in [1.165, 1.54) is 49.7 Å². The van der Waals surface area contributed by atoms with E-state index in [9.17, 15) is 0 Å². The van der Waals surface area contributed by atoms with Crippen LogP contribution < -0.4 is 0 Å². The molecule has 1 aliphatic rings. The molecule has 0 bridgehead atoms. The van der Waals surface area contributed by atoms with Crippen molar-refractivity contribution in [2.45, 2.75) is 5.41 Å². The van der Waals surface area contributed by atoms with Gasteiger partial charge in [-0.3, -0.25) is 0 Å². The highest BCUT2D eigenvalue weighted by atomic mass is 15.0. The maximum atomic E-state index is 5.10. The minimum atomic E-state index is -0.568. The number of para-hydroxylation sites is 1. The van der Waals surface area contributed by atoms with Gasteiger partial charge in [0.15, 0.2) is 17.5 Å². The summed E-state index contributed by atoms with van der Waals surface area (Å²) in [5.41, 5.74) is 13.2. The van der Waals surface area contributed by atoms with Crippen molar-refractivity contribution in [3.63, 3.8) is 0 Å². The van der Waals surface area contributed by atoms with E-state index in [2.05, 4.69) is 150 Å². The summed E-state index contributed by atoms with van der Waals surface area (Å²) < 4.78 is 2.47. The Bertz CT molecular complexity index is 2960. The Morgan fingerprint density at radius 2 is 0.893 bits per heavy atom. The van der Waals surface area contributed by atoms with Crippen LogP contribution in [0.1, 0.15) is 22.3 Å². The SMILES string of the molecule is c1ccc(-c2nc(-c3ccccc3)nc(-c3cccc(-n4c5ccccc5c5ccc6c(c54)C(c4ccccc4)(c4ccccc4)c4ccccc4-6)c3)n2)cc1. The maximum absolute atomic E-state index is 5.10. The minimum absolute atomic E-state index is 0.568. The lowest BCUT2D eigenvalue weighted by Gasteiger charge is -2.34. The molecule has 0 radical (unpaired) electrons. The molecule has 262 valence electrons. The van der Waals surface area contributed by atoms with Crippen LogP contribution >= 0.6 is 0 Å². The van der Waals surface area contributed by atoms with Crippen molar-refractivity contribution in [3.8, 4) is 51.0 Å². The highest BCUT2D eigenvalue weighted by Crippen LogP contribution is 2.59. The van der Waals surface area contributed by atoms with E-state index in [0.717, 1.165) is 27.9 Å². The molecule has 0 atom stereocenters. The molecule has 1 aliphatic carbocycles. The summed E-state index contributed by atoms with van der Waals surface area (Å²) in [7, 11) is 0. The Balaban J connectivity index is 1.22. The zero-order valence-corrected chi connectivity index (χ0v) is 30.4. The third-order valence-corrected chi connectivity index (χ3v) is 11.3. The normalized spacial score (nSPS) is 12.8. The number of hydrogen-bond donors (Lipinski definition) is 0. The van der Waals surface area contributed by atoms with Crippen LogP contribution in [0.2, 0.25) is 0 Å². The minimum Gasteiger partial charge on any atom is -0.309 e. The molecule has 56 heavy (non-hydrogen) atoms. The molecular formula is C52H34N4. The zero-order valence-electron chi connectivity index (χ0n) is 30.4. The number of nitrogens with zero attached hydrogens (tertiary/aromatic N) is 4. The van der Waals surface area contributed by atoms with Gasteiger partial charge >= 0.3 is 0 Å². The molecule has 4 nitrogen and oxygen atoms in total. The Hall–Kier alpha value is -7.43. The standard InChI is InChI=1S/C52H34N4/c1-5-18-35(19-6-1)49-53-50(36-20-7-2-8-21-36)55-51(54-49)37-22-17-27-40(34-37)56-46-31-16-14-29-42(46)44-33-32-43-41-28-13-15-30-45(41)52(47(43)48(44)56,38-23-9-3-10-24-38)39-25-11-4-12-26-39/h1-34H. The lowest BCUT2D eigenvalue weighted by atomic mass is 9.67. The van der Waals surface area contributed by atoms with Gasteiger partial charge in [-0.15, -0.1) is 0 Å². The predicted octanol–water partition coefficient (Wildman–Crippen LogP) is 12.3. The lowest BCUT2D eigenvalue weighted by Crippen LogP contribution is -2.29. The van der Waals surface area contributed by atoms with Crippen molar-refractivity contribution in [1.29, 1.82) is 0 Å². The highest BCUT2D eigenvalue weighted by molar-refractivity contribution is 6.14. The van der Waals surface area contributed by atoms with Crippen LogP contribution in [0.4, 0.5) is 0 Å². The fourth-order valence-corrected chi connectivity index (χ4v) is 8.97. The molecule has 0 saturated heterocycles. The van der Waals surface area contributed by atoms with Gasteiger partial charge in [0.1, 0.15) is 0 Å². The summed E-state index contributed by atoms with van der Waals surface area (Å²) >= 11 is 0. The molecule has 0 unspecified atom stereocenters. The molecule has 11 rings (SSSR count).